The molecule has 0 radical (unpaired) electrons. The molecule has 0 amide bonds. The summed E-state index contributed by atoms with van der Waals surface area (Å²) in [6.07, 6.45) is 0.843. The van der Waals surface area contributed by atoms with E-state index in [1.165, 1.54) is 6.07 Å². The molecule has 2 rings (SSSR count). The summed E-state index contributed by atoms with van der Waals surface area (Å²) in [6, 6.07) is 3.48. The summed E-state index contributed by atoms with van der Waals surface area (Å²) in [5.74, 6) is -0.438. The zero-order valence-corrected chi connectivity index (χ0v) is 14.6. The Kier molecular flexibility index (Phi) is 4.73. The number of hydrogen-bond donors (Lipinski definition) is 2. The van der Waals surface area contributed by atoms with Gasteiger partial charge >= 0.3 is 5.97 Å². The Bertz CT molecular complexity index is 709. The molecule has 1 atom stereocenters. The van der Waals surface area contributed by atoms with Gasteiger partial charge < -0.3 is 9.84 Å². The molecule has 0 aliphatic carbocycles. The Morgan fingerprint density at radius 2 is 2.04 bits per heavy atom. The van der Waals surface area contributed by atoms with Crippen molar-refractivity contribution in [1.29, 1.82) is 0 Å². The highest BCUT2D eigenvalue weighted by molar-refractivity contribution is 7.89. The zero-order valence-electron chi connectivity index (χ0n) is 13.8. The van der Waals surface area contributed by atoms with Crippen molar-refractivity contribution in [2.75, 3.05) is 0 Å². The molecule has 0 fully saturated rings. The number of nitrogens with one attached hydrogen (secondary N) is 1. The van der Waals surface area contributed by atoms with E-state index in [9.17, 15) is 18.3 Å². The third-order valence-corrected chi connectivity index (χ3v) is 5.12. The number of fused-ring (bicyclic) bond motifs is 1. The van der Waals surface area contributed by atoms with Crippen molar-refractivity contribution in [3.8, 4) is 5.75 Å². The van der Waals surface area contributed by atoms with Crippen molar-refractivity contribution < 1.29 is 23.1 Å². The Labute approximate surface area is 136 Å². The fourth-order valence-electron chi connectivity index (χ4n) is 2.68. The minimum absolute atomic E-state index is 0.0626. The summed E-state index contributed by atoms with van der Waals surface area (Å²) >= 11 is 0. The number of ether oxygens (including phenoxy) is 1. The predicted molar refractivity (Wildman–Crippen MR) is 86.1 cm³/mol. The number of sulfonamides is 1. The molecule has 1 heterocycles. The van der Waals surface area contributed by atoms with Crippen LogP contribution in [0.1, 0.15) is 39.7 Å². The van der Waals surface area contributed by atoms with Crippen molar-refractivity contribution in [2.45, 2.75) is 57.1 Å². The molecule has 2 N–H and O–H groups in total. The van der Waals surface area contributed by atoms with E-state index in [-0.39, 0.29) is 22.8 Å². The first-order valence-electron chi connectivity index (χ1n) is 7.57. The maximum Gasteiger partial charge on any atom is 0.321 e. The average Bonchev–Trinajstić information content (AvgIpc) is 2.69. The van der Waals surface area contributed by atoms with E-state index < -0.39 is 22.0 Å². The highest BCUT2D eigenvalue weighted by Gasteiger charge is 2.32. The Morgan fingerprint density at radius 1 is 1.39 bits per heavy atom. The molecule has 1 aromatic rings. The normalized spacial score (nSPS) is 17.6. The summed E-state index contributed by atoms with van der Waals surface area (Å²) in [5, 5.41) is 9.21. The molecule has 0 bridgehead atoms. The van der Waals surface area contributed by atoms with Crippen molar-refractivity contribution in [3.05, 3.63) is 23.8 Å². The second-order valence-electron chi connectivity index (χ2n) is 6.95. The lowest BCUT2D eigenvalue weighted by Crippen LogP contribution is -2.41. The first kappa shape index (κ1) is 17.7. The minimum atomic E-state index is -3.90. The standard InChI is InChI=1S/C16H23NO5S/c1-10(2)7-13(15(18)19)17-23(20,21)12-5-6-14-11(8-12)9-16(3,4)22-14/h5-6,8,10,13,17H,7,9H2,1-4H3,(H,18,19)/t13-/m0/s1. The highest BCUT2D eigenvalue weighted by atomic mass is 32.2. The van der Waals surface area contributed by atoms with Crippen LogP contribution in [-0.2, 0) is 21.2 Å². The van der Waals surface area contributed by atoms with Gasteiger partial charge in [0.05, 0.1) is 4.90 Å². The molecule has 0 aromatic heterocycles. The van der Waals surface area contributed by atoms with Crippen LogP contribution in [0.5, 0.6) is 5.75 Å². The number of carboxylic acid groups (broad SMARTS) is 1. The summed E-state index contributed by atoms with van der Waals surface area (Å²) in [6.45, 7) is 7.56. The van der Waals surface area contributed by atoms with Crippen LogP contribution < -0.4 is 9.46 Å². The molecule has 6 nitrogen and oxygen atoms in total. The second-order valence-corrected chi connectivity index (χ2v) is 8.66. The number of hydrogen-bond acceptors (Lipinski definition) is 4. The molecule has 23 heavy (non-hydrogen) atoms. The lowest BCUT2D eigenvalue weighted by atomic mass is 10.0. The van der Waals surface area contributed by atoms with Crippen molar-refractivity contribution >= 4 is 16.0 Å². The molecule has 0 unspecified atom stereocenters. The van der Waals surface area contributed by atoms with E-state index >= 15 is 0 Å². The quantitative estimate of drug-likeness (QED) is 0.827. The van der Waals surface area contributed by atoms with Gasteiger partial charge in [-0.25, -0.2) is 8.42 Å². The first-order chi connectivity index (χ1) is 10.5. The largest absolute Gasteiger partial charge is 0.487 e. The lowest BCUT2D eigenvalue weighted by molar-refractivity contribution is -0.139. The van der Waals surface area contributed by atoms with Gasteiger partial charge in [0, 0.05) is 6.42 Å². The second kappa shape index (κ2) is 6.13. The van der Waals surface area contributed by atoms with E-state index in [0.717, 1.165) is 5.56 Å². The van der Waals surface area contributed by atoms with Crippen LogP contribution in [0.2, 0.25) is 0 Å². The molecule has 0 saturated heterocycles. The molecular formula is C16H23NO5S. The van der Waals surface area contributed by atoms with Crippen LogP contribution in [-0.4, -0.2) is 31.1 Å². The van der Waals surface area contributed by atoms with Crippen LogP contribution in [0.4, 0.5) is 0 Å². The van der Waals surface area contributed by atoms with Gasteiger partial charge in [-0.15, -0.1) is 0 Å². The van der Waals surface area contributed by atoms with Crippen molar-refractivity contribution in [1.82, 2.24) is 4.72 Å². The molecule has 1 aliphatic rings. The fraction of sp³-hybridized carbons (Fsp3) is 0.562. The number of benzene rings is 1. The highest BCUT2D eigenvalue weighted by Crippen LogP contribution is 2.36. The number of rotatable bonds is 6. The van der Waals surface area contributed by atoms with Crippen LogP contribution in [0.15, 0.2) is 23.1 Å². The van der Waals surface area contributed by atoms with E-state index in [1.807, 2.05) is 27.7 Å². The summed E-state index contributed by atoms with van der Waals surface area (Å²) < 4.78 is 33.0. The van der Waals surface area contributed by atoms with Gasteiger partial charge in [0.15, 0.2) is 0 Å². The van der Waals surface area contributed by atoms with Gasteiger partial charge in [-0.1, -0.05) is 13.8 Å². The Hall–Kier alpha value is -1.60. The van der Waals surface area contributed by atoms with Crippen LogP contribution >= 0.6 is 0 Å². The minimum Gasteiger partial charge on any atom is -0.487 e. The summed E-state index contributed by atoms with van der Waals surface area (Å²) in [5.41, 5.74) is 0.452. The monoisotopic (exact) mass is 341 g/mol. The van der Waals surface area contributed by atoms with Crippen molar-refractivity contribution in [2.24, 2.45) is 5.92 Å². The van der Waals surface area contributed by atoms with Gasteiger partial charge in [-0.05, 0) is 49.9 Å². The lowest BCUT2D eigenvalue weighted by Gasteiger charge is -2.17. The molecule has 128 valence electrons. The van der Waals surface area contributed by atoms with Crippen LogP contribution in [0.25, 0.3) is 0 Å². The van der Waals surface area contributed by atoms with E-state index in [1.54, 1.807) is 12.1 Å². The summed E-state index contributed by atoms with van der Waals surface area (Å²) in [7, 11) is -3.90. The molecule has 7 heteroatoms. The van der Waals surface area contributed by atoms with Gasteiger partial charge in [-0.3, -0.25) is 4.79 Å². The van der Waals surface area contributed by atoms with Crippen LogP contribution in [0, 0.1) is 5.92 Å². The molecule has 0 saturated carbocycles. The molecule has 1 aromatic carbocycles. The zero-order chi connectivity index (χ0) is 17.4. The maximum absolute atomic E-state index is 12.5. The molecule has 0 spiro atoms. The number of aliphatic carboxylic acids is 1. The Balaban J connectivity index is 2.25. The smallest absolute Gasteiger partial charge is 0.321 e. The van der Waals surface area contributed by atoms with Gasteiger partial charge in [0.25, 0.3) is 0 Å². The van der Waals surface area contributed by atoms with E-state index in [2.05, 4.69) is 4.72 Å². The van der Waals surface area contributed by atoms with E-state index in [4.69, 9.17) is 4.74 Å². The fourth-order valence-corrected chi connectivity index (χ4v) is 3.93. The topological polar surface area (TPSA) is 92.7 Å². The van der Waals surface area contributed by atoms with Gasteiger partial charge in [0.2, 0.25) is 10.0 Å². The third-order valence-electron chi connectivity index (χ3n) is 3.65. The maximum atomic E-state index is 12.5. The first-order valence-corrected chi connectivity index (χ1v) is 9.05. The van der Waals surface area contributed by atoms with Gasteiger partial charge in [-0.2, -0.15) is 4.72 Å². The molecule has 1 aliphatic heterocycles. The molecular weight excluding hydrogens is 318 g/mol. The van der Waals surface area contributed by atoms with Crippen LogP contribution in [0.3, 0.4) is 0 Å². The third kappa shape index (κ3) is 4.23. The van der Waals surface area contributed by atoms with Gasteiger partial charge in [0.1, 0.15) is 17.4 Å². The number of carbonyl (C=O) groups is 1. The Morgan fingerprint density at radius 3 is 2.61 bits per heavy atom. The van der Waals surface area contributed by atoms with E-state index in [0.29, 0.717) is 12.2 Å². The SMILES string of the molecule is CC(C)C[C@H](NS(=O)(=O)c1ccc2c(c1)CC(C)(C)O2)C(=O)O. The summed E-state index contributed by atoms with van der Waals surface area (Å²) in [4.78, 5) is 11.3. The predicted octanol–water partition coefficient (Wildman–Crippen LogP) is 2.18. The number of carboxylic acids is 1. The average molecular weight is 341 g/mol. The van der Waals surface area contributed by atoms with Crippen molar-refractivity contribution in [3.63, 3.8) is 0 Å².